The summed E-state index contributed by atoms with van der Waals surface area (Å²) in [5.74, 6) is 2.74. The van der Waals surface area contributed by atoms with E-state index in [4.69, 9.17) is 23.5 Å². The molecule has 32 heavy (non-hydrogen) atoms. The van der Waals surface area contributed by atoms with E-state index in [0.717, 1.165) is 45.8 Å². The van der Waals surface area contributed by atoms with Crippen LogP contribution in [0.15, 0.2) is 16.7 Å². The third kappa shape index (κ3) is 5.16. The van der Waals surface area contributed by atoms with Gasteiger partial charge in [0.05, 0.1) is 46.7 Å². The molecule has 0 N–H and O–H groups in total. The number of rotatable bonds is 9. The van der Waals surface area contributed by atoms with E-state index in [-0.39, 0.29) is 0 Å². The fourth-order valence-electron chi connectivity index (χ4n) is 4.63. The molecule has 0 radical (unpaired) electrons. The zero-order chi connectivity index (χ0) is 22.3. The molecule has 3 heterocycles. The molecule has 0 saturated carbocycles. The summed E-state index contributed by atoms with van der Waals surface area (Å²) in [6.45, 7) is 6.60. The van der Waals surface area contributed by atoms with Gasteiger partial charge in [-0.3, -0.25) is 9.80 Å². The lowest BCUT2D eigenvalue weighted by Gasteiger charge is -2.36. The second kappa shape index (κ2) is 11.0. The zero-order valence-corrected chi connectivity index (χ0v) is 19.3. The highest BCUT2D eigenvalue weighted by atomic mass is 16.5. The molecular formula is C23H34N4O5. The molecule has 1 aromatic heterocycles. The number of morpholine rings is 1. The van der Waals surface area contributed by atoms with Crippen LogP contribution in [0.2, 0.25) is 0 Å². The fraction of sp³-hybridized carbons (Fsp3) is 0.652. The Hall–Kier alpha value is -2.36. The van der Waals surface area contributed by atoms with Crippen LogP contribution < -0.4 is 14.2 Å². The molecule has 2 fully saturated rings. The summed E-state index contributed by atoms with van der Waals surface area (Å²) in [5, 5.41) is 4.22. The zero-order valence-electron chi connectivity index (χ0n) is 19.3. The van der Waals surface area contributed by atoms with Crippen LogP contribution in [0.25, 0.3) is 11.4 Å². The molecule has 0 bridgehead atoms. The molecule has 0 aliphatic carbocycles. The highest BCUT2D eigenvalue weighted by molar-refractivity contribution is 5.71. The Labute approximate surface area is 189 Å². The van der Waals surface area contributed by atoms with E-state index < -0.39 is 0 Å². The standard InChI is InChI=1S/C23H34N4O5/c1-28-19-8-7-18(21(29-2)22(19)30-3)23-24-20(32-25-23)16-27-10-5-4-6-17(27)9-11-26-12-14-31-15-13-26/h7-8,17H,4-6,9-16H2,1-3H3. The van der Waals surface area contributed by atoms with E-state index >= 15 is 0 Å². The Kier molecular flexibility index (Phi) is 7.83. The SMILES string of the molecule is COc1ccc(-c2noc(CN3CCCCC3CCN3CCOCC3)n2)c(OC)c1OC. The van der Waals surface area contributed by atoms with Crippen molar-refractivity contribution in [3.63, 3.8) is 0 Å². The molecule has 2 saturated heterocycles. The van der Waals surface area contributed by atoms with E-state index in [0.29, 0.717) is 47.1 Å². The topological polar surface area (TPSA) is 82.3 Å². The maximum Gasteiger partial charge on any atom is 0.241 e. The van der Waals surface area contributed by atoms with Crippen LogP contribution in [0.3, 0.4) is 0 Å². The first-order valence-corrected chi connectivity index (χ1v) is 11.4. The molecule has 1 atom stereocenters. The number of benzene rings is 1. The van der Waals surface area contributed by atoms with Crippen molar-refractivity contribution < 1.29 is 23.5 Å². The number of hydrogen-bond acceptors (Lipinski definition) is 9. The number of aromatic nitrogens is 2. The van der Waals surface area contributed by atoms with Crippen molar-refractivity contribution in [2.75, 3.05) is 60.7 Å². The Morgan fingerprint density at radius 2 is 1.81 bits per heavy atom. The maximum absolute atomic E-state index is 5.64. The van der Waals surface area contributed by atoms with Crippen molar-refractivity contribution in [2.45, 2.75) is 38.3 Å². The number of hydrogen-bond donors (Lipinski definition) is 0. The summed E-state index contributed by atoms with van der Waals surface area (Å²) < 4.78 is 27.5. The van der Waals surface area contributed by atoms with Crippen LogP contribution in [0.1, 0.15) is 31.6 Å². The Morgan fingerprint density at radius 1 is 1.00 bits per heavy atom. The molecule has 0 spiro atoms. The van der Waals surface area contributed by atoms with E-state index in [1.54, 1.807) is 21.3 Å². The molecule has 2 aliphatic heterocycles. The first-order valence-electron chi connectivity index (χ1n) is 11.4. The Morgan fingerprint density at radius 3 is 2.56 bits per heavy atom. The van der Waals surface area contributed by atoms with Crippen molar-refractivity contribution in [3.8, 4) is 28.6 Å². The molecule has 4 rings (SSSR count). The lowest BCUT2D eigenvalue weighted by molar-refractivity contribution is 0.0294. The maximum atomic E-state index is 5.64. The minimum atomic E-state index is 0.486. The highest BCUT2D eigenvalue weighted by Gasteiger charge is 2.26. The summed E-state index contributed by atoms with van der Waals surface area (Å²) in [6, 6.07) is 4.22. The fourth-order valence-corrected chi connectivity index (χ4v) is 4.63. The number of piperidine rings is 1. The summed E-state index contributed by atoms with van der Waals surface area (Å²) in [6.07, 6.45) is 4.86. The van der Waals surface area contributed by atoms with Gasteiger partial charge in [-0.05, 0) is 44.5 Å². The normalized spacial score (nSPS) is 20.3. The van der Waals surface area contributed by atoms with Gasteiger partial charge in [0.2, 0.25) is 17.5 Å². The van der Waals surface area contributed by atoms with Gasteiger partial charge in [-0.25, -0.2) is 0 Å². The largest absolute Gasteiger partial charge is 0.493 e. The van der Waals surface area contributed by atoms with Crippen molar-refractivity contribution in [1.82, 2.24) is 19.9 Å². The lowest BCUT2D eigenvalue weighted by atomic mass is 9.99. The van der Waals surface area contributed by atoms with Gasteiger partial charge in [0.15, 0.2) is 11.5 Å². The Bertz CT molecular complexity index is 868. The first-order chi connectivity index (χ1) is 15.7. The summed E-state index contributed by atoms with van der Waals surface area (Å²) in [5.41, 5.74) is 0.711. The van der Waals surface area contributed by atoms with Crippen molar-refractivity contribution in [3.05, 3.63) is 18.0 Å². The summed E-state index contributed by atoms with van der Waals surface area (Å²) >= 11 is 0. The molecule has 0 amide bonds. The molecule has 176 valence electrons. The van der Waals surface area contributed by atoms with Crippen LogP contribution in [0.4, 0.5) is 0 Å². The number of likely N-dealkylation sites (tertiary alicyclic amines) is 1. The minimum absolute atomic E-state index is 0.486. The third-order valence-corrected chi connectivity index (χ3v) is 6.38. The average Bonchev–Trinajstić information content (AvgIpc) is 3.31. The molecular weight excluding hydrogens is 412 g/mol. The number of ether oxygens (including phenoxy) is 4. The van der Waals surface area contributed by atoms with Gasteiger partial charge in [-0.15, -0.1) is 0 Å². The van der Waals surface area contributed by atoms with Gasteiger partial charge >= 0.3 is 0 Å². The molecule has 1 aromatic carbocycles. The average molecular weight is 447 g/mol. The van der Waals surface area contributed by atoms with E-state index in [1.807, 2.05) is 12.1 Å². The van der Waals surface area contributed by atoms with Crippen LogP contribution >= 0.6 is 0 Å². The van der Waals surface area contributed by atoms with Crippen molar-refractivity contribution in [1.29, 1.82) is 0 Å². The predicted molar refractivity (Wildman–Crippen MR) is 119 cm³/mol. The van der Waals surface area contributed by atoms with Crippen molar-refractivity contribution in [2.24, 2.45) is 0 Å². The van der Waals surface area contributed by atoms with Gasteiger partial charge < -0.3 is 23.5 Å². The highest BCUT2D eigenvalue weighted by Crippen LogP contribution is 2.43. The second-order valence-electron chi connectivity index (χ2n) is 8.26. The third-order valence-electron chi connectivity index (χ3n) is 6.38. The van der Waals surface area contributed by atoms with Gasteiger partial charge in [-0.1, -0.05) is 11.6 Å². The quantitative estimate of drug-likeness (QED) is 0.577. The number of methoxy groups -OCH3 is 3. The van der Waals surface area contributed by atoms with Crippen LogP contribution in [0, 0.1) is 0 Å². The summed E-state index contributed by atoms with van der Waals surface area (Å²) in [7, 11) is 4.77. The van der Waals surface area contributed by atoms with Crippen LogP contribution in [0.5, 0.6) is 17.2 Å². The molecule has 2 aliphatic rings. The lowest BCUT2D eigenvalue weighted by Crippen LogP contribution is -2.43. The van der Waals surface area contributed by atoms with E-state index in [1.165, 1.54) is 19.3 Å². The minimum Gasteiger partial charge on any atom is -0.493 e. The van der Waals surface area contributed by atoms with Crippen LogP contribution in [-0.4, -0.2) is 86.7 Å². The van der Waals surface area contributed by atoms with Crippen LogP contribution in [-0.2, 0) is 11.3 Å². The molecule has 9 nitrogen and oxygen atoms in total. The second-order valence-corrected chi connectivity index (χ2v) is 8.26. The molecule has 2 aromatic rings. The van der Waals surface area contributed by atoms with Gasteiger partial charge in [0.1, 0.15) is 0 Å². The van der Waals surface area contributed by atoms with E-state index in [2.05, 4.69) is 19.9 Å². The summed E-state index contributed by atoms with van der Waals surface area (Å²) in [4.78, 5) is 9.67. The van der Waals surface area contributed by atoms with Gasteiger partial charge in [0.25, 0.3) is 0 Å². The molecule has 1 unspecified atom stereocenters. The first kappa shape index (κ1) is 22.8. The predicted octanol–water partition coefficient (Wildman–Crippen LogP) is 2.84. The smallest absolute Gasteiger partial charge is 0.241 e. The molecule has 9 heteroatoms. The van der Waals surface area contributed by atoms with Gasteiger partial charge in [0, 0.05) is 19.1 Å². The van der Waals surface area contributed by atoms with E-state index in [9.17, 15) is 0 Å². The van der Waals surface area contributed by atoms with Gasteiger partial charge in [-0.2, -0.15) is 4.98 Å². The van der Waals surface area contributed by atoms with Crippen molar-refractivity contribution >= 4 is 0 Å². The monoisotopic (exact) mass is 446 g/mol. The number of nitrogens with zero attached hydrogens (tertiary/aromatic N) is 4. The Balaban J connectivity index is 1.45.